The molecule has 1 fully saturated rings. The Hall–Kier alpha value is -2.50. The molecule has 4 rings (SSSR count). The standard InChI is InChI=1S/C24H27N3OS/c1-3-19-4-6-21(7-5-19)24-25-22(17-29-24)16-26-12-14-27(15-13-26)23-10-8-20(9-11-23)18(2)28/h4-11,17H,3,12-16H2,1-2H3. The van der Waals surface area contributed by atoms with Gasteiger partial charge in [0.1, 0.15) is 5.01 Å². The SMILES string of the molecule is CCc1ccc(-c2nc(CN3CCN(c4ccc(C(C)=O)cc4)CC3)cs2)cc1. The average Bonchev–Trinajstić information content (AvgIpc) is 3.23. The van der Waals surface area contributed by atoms with Gasteiger partial charge in [-0.3, -0.25) is 9.69 Å². The van der Waals surface area contributed by atoms with Crippen molar-refractivity contribution in [2.24, 2.45) is 0 Å². The molecule has 150 valence electrons. The molecular weight excluding hydrogens is 378 g/mol. The molecule has 0 atom stereocenters. The number of ketones is 1. The van der Waals surface area contributed by atoms with Crippen LogP contribution in [0.2, 0.25) is 0 Å². The van der Waals surface area contributed by atoms with Crippen molar-refractivity contribution in [3.8, 4) is 10.6 Å². The fourth-order valence-electron chi connectivity index (χ4n) is 3.70. The number of piperazine rings is 1. The highest BCUT2D eigenvalue weighted by atomic mass is 32.1. The fraction of sp³-hybridized carbons (Fsp3) is 0.333. The van der Waals surface area contributed by atoms with Gasteiger partial charge in [0.2, 0.25) is 0 Å². The maximum atomic E-state index is 11.4. The van der Waals surface area contributed by atoms with E-state index in [1.807, 2.05) is 12.1 Å². The lowest BCUT2D eigenvalue weighted by molar-refractivity contribution is 0.101. The fourth-order valence-corrected chi connectivity index (χ4v) is 4.51. The number of nitrogens with zero attached hydrogens (tertiary/aromatic N) is 3. The van der Waals surface area contributed by atoms with Gasteiger partial charge in [-0.1, -0.05) is 31.2 Å². The van der Waals surface area contributed by atoms with Gasteiger partial charge < -0.3 is 4.90 Å². The van der Waals surface area contributed by atoms with Gasteiger partial charge in [-0.05, 0) is 43.2 Å². The lowest BCUT2D eigenvalue weighted by atomic mass is 10.1. The topological polar surface area (TPSA) is 36.4 Å². The number of aryl methyl sites for hydroxylation is 1. The van der Waals surface area contributed by atoms with Crippen LogP contribution in [0.4, 0.5) is 5.69 Å². The Labute approximate surface area is 176 Å². The lowest BCUT2D eigenvalue weighted by Crippen LogP contribution is -2.46. The first-order valence-electron chi connectivity index (χ1n) is 10.2. The third-order valence-electron chi connectivity index (χ3n) is 5.56. The Morgan fingerprint density at radius 1 is 1.00 bits per heavy atom. The van der Waals surface area contributed by atoms with Crippen LogP contribution >= 0.6 is 11.3 Å². The number of hydrogen-bond donors (Lipinski definition) is 0. The Morgan fingerprint density at radius 2 is 1.69 bits per heavy atom. The van der Waals surface area contributed by atoms with Gasteiger partial charge in [0, 0.05) is 54.9 Å². The van der Waals surface area contributed by atoms with E-state index in [1.54, 1.807) is 18.3 Å². The van der Waals surface area contributed by atoms with Crippen LogP contribution in [0.1, 0.15) is 35.5 Å². The number of thiazole rings is 1. The first-order valence-corrected chi connectivity index (χ1v) is 11.1. The van der Waals surface area contributed by atoms with Gasteiger partial charge in [0.15, 0.2) is 5.78 Å². The molecular formula is C24H27N3OS. The zero-order valence-corrected chi connectivity index (χ0v) is 17.9. The van der Waals surface area contributed by atoms with E-state index in [1.165, 1.54) is 16.8 Å². The number of aromatic nitrogens is 1. The van der Waals surface area contributed by atoms with Gasteiger partial charge in [0.25, 0.3) is 0 Å². The summed E-state index contributed by atoms with van der Waals surface area (Å²) in [4.78, 5) is 21.2. The highest BCUT2D eigenvalue weighted by Gasteiger charge is 2.18. The van der Waals surface area contributed by atoms with Crippen molar-refractivity contribution in [2.45, 2.75) is 26.8 Å². The Morgan fingerprint density at radius 3 is 2.31 bits per heavy atom. The molecule has 3 aromatic rings. The van der Waals surface area contributed by atoms with Crippen LogP contribution in [0.15, 0.2) is 53.9 Å². The molecule has 0 radical (unpaired) electrons. The molecule has 2 heterocycles. The largest absolute Gasteiger partial charge is 0.369 e. The van der Waals surface area contributed by atoms with Crippen molar-refractivity contribution >= 4 is 22.8 Å². The molecule has 1 aromatic heterocycles. The minimum Gasteiger partial charge on any atom is -0.369 e. The van der Waals surface area contributed by atoms with E-state index in [2.05, 4.69) is 58.5 Å². The van der Waals surface area contributed by atoms with Gasteiger partial charge >= 0.3 is 0 Å². The number of benzene rings is 2. The highest BCUT2D eigenvalue weighted by Crippen LogP contribution is 2.25. The van der Waals surface area contributed by atoms with Crippen molar-refractivity contribution in [2.75, 3.05) is 31.1 Å². The van der Waals surface area contributed by atoms with Crippen molar-refractivity contribution in [1.29, 1.82) is 0 Å². The van der Waals surface area contributed by atoms with Gasteiger partial charge in [-0.25, -0.2) is 4.98 Å². The molecule has 2 aromatic carbocycles. The van der Waals surface area contributed by atoms with Crippen molar-refractivity contribution in [3.05, 3.63) is 70.7 Å². The van der Waals surface area contributed by atoms with E-state index in [9.17, 15) is 4.79 Å². The zero-order chi connectivity index (χ0) is 20.2. The van der Waals surface area contributed by atoms with E-state index in [4.69, 9.17) is 4.98 Å². The van der Waals surface area contributed by atoms with Crippen LogP contribution in [0, 0.1) is 0 Å². The smallest absolute Gasteiger partial charge is 0.159 e. The lowest BCUT2D eigenvalue weighted by Gasteiger charge is -2.35. The maximum Gasteiger partial charge on any atom is 0.159 e. The van der Waals surface area contributed by atoms with E-state index in [0.29, 0.717) is 0 Å². The molecule has 0 aliphatic carbocycles. The summed E-state index contributed by atoms with van der Waals surface area (Å²) < 4.78 is 0. The normalized spacial score (nSPS) is 14.9. The zero-order valence-electron chi connectivity index (χ0n) is 17.1. The van der Waals surface area contributed by atoms with Crippen molar-refractivity contribution < 1.29 is 4.79 Å². The van der Waals surface area contributed by atoms with Gasteiger partial charge in [-0.15, -0.1) is 11.3 Å². The van der Waals surface area contributed by atoms with Gasteiger partial charge in [0.05, 0.1) is 5.69 Å². The van der Waals surface area contributed by atoms with Crippen molar-refractivity contribution in [3.63, 3.8) is 0 Å². The minimum atomic E-state index is 0.116. The number of carbonyl (C=O) groups is 1. The van der Waals surface area contributed by atoms with Crippen LogP contribution in [-0.2, 0) is 13.0 Å². The van der Waals surface area contributed by atoms with E-state index >= 15 is 0 Å². The first-order chi connectivity index (χ1) is 14.1. The second-order valence-corrected chi connectivity index (χ2v) is 8.42. The summed E-state index contributed by atoms with van der Waals surface area (Å²) in [7, 11) is 0. The van der Waals surface area contributed by atoms with Crippen molar-refractivity contribution in [1.82, 2.24) is 9.88 Å². The van der Waals surface area contributed by atoms with Crippen LogP contribution in [0.5, 0.6) is 0 Å². The number of Topliss-reactive ketones (excluding diaryl/α,β-unsaturated/α-hetero) is 1. The second-order valence-electron chi connectivity index (χ2n) is 7.56. The summed E-state index contributed by atoms with van der Waals surface area (Å²) in [6.07, 6.45) is 1.07. The van der Waals surface area contributed by atoms with Crippen LogP contribution in [-0.4, -0.2) is 41.8 Å². The Balaban J connectivity index is 1.32. The van der Waals surface area contributed by atoms with E-state index < -0.39 is 0 Å². The summed E-state index contributed by atoms with van der Waals surface area (Å²) in [6, 6.07) is 16.7. The second kappa shape index (κ2) is 8.89. The quantitative estimate of drug-likeness (QED) is 0.547. The Kier molecular flexibility index (Phi) is 6.07. The molecule has 0 amide bonds. The summed E-state index contributed by atoms with van der Waals surface area (Å²) >= 11 is 1.73. The number of hydrogen-bond acceptors (Lipinski definition) is 5. The molecule has 1 saturated heterocycles. The first kappa shape index (κ1) is 19.8. The molecule has 29 heavy (non-hydrogen) atoms. The molecule has 0 bridgehead atoms. The summed E-state index contributed by atoms with van der Waals surface area (Å²) in [5.41, 5.74) is 5.69. The minimum absolute atomic E-state index is 0.116. The third kappa shape index (κ3) is 4.74. The van der Waals surface area contributed by atoms with Crippen LogP contribution in [0.25, 0.3) is 10.6 Å². The van der Waals surface area contributed by atoms with E-state index in [-0.39, 0.29) is 5.78 Å². The average molecular weight is 406 g/mol. The maximum absolute atomic E-state index is 11.4. The molecule has 0 spiro atoms. The molecule has 1 aliphatic heterocycles. The monoisotopic (exact) mass is 405 g/mol. The number of carbonyl (C=O) groups excluding carboxylic acids is 1. The summed E-state index contributed by atoms with van der Waals surface area (Å²) in [6.45, 7) is 8.72. The Bertz CT molecular complexity index is 955. The molecule has 0 N–H and O–H groups in total. The van der Waals surface area contributed by atoms with Crippen LogP contribution in [0.3, 0.4) is 0 Å². The van der Waals surface area contributed by atoms with Gasteiger partial charge in [-0.2, -0.15) is 0 Å². The highest BCUT2D eigenvalue weighted by molar-refractivity contribution is 7.13. The predicted octanol–water partition coefficient (Wildman–Crippen LogP) is 4.90. The summed E-state index contributed by atoms with van der Waals surface area (Å²) in [5.74, 6) is 0.116. The van der Waals surface area contributed by atoms with E-state index in [0.717, 1.165) is 55.4 Å². The summed E-state index contributed by atoms with van der Waals surface area (Å²) in [5, 5.41) is 3.29. The molecule has 5 heteroatoms. The number of rotatable bonds is 6. The molecule has 0 saturated carbocycles. The predicted molar refractivity (Wildman–Crippen MR) is 121 cm³/mol. The molecule has 0 unspecified atom stereocenters. The third-order valence-corrected chi connectivity index (χ3v) is 6.50. The number of anilines is 1. The molecule has 1 aliphatic rings. The molecule has 4 nitrogen and oxygen atoms in total. The van der Waals surface area contributed by atoms with Crippen LogP contribution < -0.4 is 4.90 Å².